The molecule has 0 bridgehead atoms. The van der Waals surface area contributed by atoms with Gasteiger partial charge in [-0.25, -0.2) is 14.4 Å². The van der Waals surface area contributed by atoms with Crippen LogP contribution in [0.15, 0.2) is 37.0 Å². The maximum Gasteiger partial charge on any atom is 0.333 e. The van der Waals surface area contributed by atoms with Crippen molar-refractivity contribution in [3.63, 3.8) is 0 Å². The Morgan fingerprint density at radius 1 is 1.04 bits per heavy atom. The van der Waals surface area contributed by atoms with Crippen LogP contribution >= 0.6 is 0 Å². The van der Waals surface area contributed by atoms with Crippen LogP contribution in [0, 0.1) is 0 Å². The van der Waals surface area contributed by atoms with Gasteiger partial charge in [-0.15, -0.1) is 0 Å². The zero-order chi connectivity index (χ0) is 18.4. The van der Waals surface area contributed by atoms with Gasteiger partial charge in [0.1, 0.15) is 6.10 Å². The van der Waals surface area contributed by atoms with E-state index in [1.54, 1.807) is 27.7 Å². The van der Waals surface area contributed by atoms with Crippen LogP contribution in [0.25, 0.3) is 0 Å². The molecule has 0 saturated carbocycles. The van der Waals surface area contributed by atoms with Crippen LogP contribution in [0.1, 0.15) is 34.1 Å². The minimum Gasteiger partial charge on any atom is -0.463 e. The number of esters is 3. The van der Waals surface area contributed by atoms with Gasteiger partial charge in [-0.1, -0.05) is 19.7 Å². The van der Waals surface area contributed by atoms with Crippen LogP contribution in [-0.2, 0) is 28.6 Å². The molecular weight excluding hydrogens is 300 g/mol. The lowest BCUT2D eigenvalue weighted by Gasteiger charge is -2.13. The lowest BCUT2D eigenvalue weighted by molar-refractivity contribution is -0.145. The van der Waals surface area contributed by atoms with Gasteiger partial charge in [-0.05, 0) is 27.7 Å². The zero-order valence-corrected chi connectivity index (χ0v) is 14.3. The van der Waals surface area contributed by atoms with Crippen LogP contribution in [0.3, 0.4) is 0 Å². The fraction of sp³-hybridized carbons (Fsp3) is 0.471. The largest absolute Gasteiger partial charge is 0.463 e. The van der Waals surface area contributed by atoms with E-state index in [1.165, 1.54) is 0 Å². The third kappa shape index (κ3) is 14.3. The standard InChI is InChI=1S/C12H18O4.C5H8O2/c1-8(2)11(13)15-7-6-10(5)16-12(14)9(3)4;1-3-5(6)7-4-2/h10H,1,3,6-7H2,2,4-5H3;3H,1,4H2,2H3. The highest BCUT2D eigenvalue weighted by Crippen LogP contribution is 2.03. The Balaban J connectivity index is 0. The van der Waals surface area contributed by atoms with Crippen molar-refractivity contribution in [2.45, 2.75) is 40.2 Å². The fourth-order valence-corrected chi connectivity index (χ4v) is 0.984. The topological polar surface area (TPSA) is 78.9 Å². The second-order valence-corrected chi connectivity index (χ2v) is 4.66. The van der Waals surface area contributed by atoms with E-state index in [0.29, 0.717) is 24.2 Å². The van der Waals surface area contributed by atoms with E-state index in [0.717, 1.165) is 6.08 Å². The van der Waals surface area contributed by atoms with Crippen LogP contribution < -0.4 is 0 Å². The number of rotatable bonds is 8. The minimum atomic E-state index is -0.432. The van der Waals surface area contributed by atoms with Gasteiger partial charge in [0.05, 0.1) is 13.2 Å². The number of carbonyl (C=O) groups excluding carboxylic acids is 3. The summed E-state index contributed by atoms with van der Waals surface area (Å²) in [6.45, 7) is 17.4. The maximum absolute atomic E-state index is 11.1. The fourth-order valence-electron chi connectivity index (χ4n) is 0.984. The van der Waals surface area contributed by atoms with Gasteiger partial charge >= 0.3 is 17.9 Å². The van der Waals surface area contributed by atoms with Crippen LogP contribution in [0.2, 0.25) is 0 Å². The average molecular weight is 326 g/mol. The van der Waals surface area contributed by atoms with Crippen LogP contribution in [0.4, 0.5) is 0 Å². The first-order chi connectivity index (χ1) is 10.6. The summed E-state index contributed by atoms with van der Waals surface area (Å²) in [4.78, 5) is 32.2. The Morgan fingerprint density at radius 3 is 1.91 bits per heavy atom. The van der Waals surface area contributed by atoms with E-state index >= 15 is 0 Å². The highest BCUT2D eigenvalue weighted by Gasteiger charge is 2.11. The predicted molar refractivity (Wildman–Crippen MR) is 87.6 cm³/mol. The van der Waals surface area contributed by atoms with Gasteiger partial charge in [0.25, 0.3) is 0 Å². The molecule has 0 aromatic heterocycles. The van der Waals surface area contributed by atoms with Gasteiger partial charge < -0.3 is 14.2 Å². The van der Waals surface area contributed by atoms with E-state index in [4.69, 9.17) is 9.47 Å². The van der Waals surface area contributed by atoms with Crippen molar-refractivity contribution < 1.29 is 28.6 Å². The third-order valence-electron chi connectivity index (χ3n) is 2.22. The molecule has 6 nitrogen and oxygen atoms in total. The summed E-state index contributed by atoms with van der Waals surface area (Å²) in [6.07, 6.45) is 1.30. The van der Waals surface area contributed by atoms with Crippen molar-refractivity contribution in [2.24, 2.45) is 0 Å². The van der Waals surface area contributed by atoms with E-state index < -0.39 is 11.9 Å². The van der Waals surface area contributed by atoms with Crippen LogP contribution in [-0.4, -0.2) is 37.2 Å². The second kappa shape index (κ2) is 13.3. The molecule has 0 aliphatic rings. The molecule has 0 saturated heterocycles. The van der Waals surface area contributed by atoms with Crippen molar-refractivity contribution in [1.29, 1.82) is 0 Å². The highest BCUT2D eigenvalue weighted by molar-refractivity contribution is 5.87. The molecule has 130 valence electrons. The van der Waals surface area contributed by atoms with Gasteiger partial charge in [0.2, 0.25) is 0 Å². The molecule has 0 aromatic rings. The average Bonchev–Trinajstić information content (AvgIpc) is 2.47. The molecule has 0 N–H and O–H groups in total. The lowest BCUT2D eigenvalue weighted by atomic mass is 10.3. The quantitative estimate of drug-likeness (QED) is 0.388. The molecule has 0 fully saturated rings. The Hall–Kier alpha value is -2.37. The summed E-state index contributed by atoms with van der Waals surface area (Å²) in [5.74, 6) is -1.22. The summed E-state index contributed by atoms with van der Waals surface area (Å²) in [5, 5.41) is 0. The van der Waals surface area contributed by atoms with E-state index in [9.17, 15) is 14.4 Å². The lowest BCUT2D eigenvalue weighted by Crippen LogP contribution is -2.18. The van der Waals surface area contributed by atoms with Gasteiger partial charge in [0, 0.05) is 23.6 Å². The number of ether oxygens (including phenoxy) is 3. The molecule has 0 spiro atoms. The molecule has 6 heteroatoms. The van der Waals surface area contributed by atoms with E-state index in [2.05, 4.69) is 24.5 Å². The Morgan fingerprint density at radius 2 is 1.57 bits per heavy atom. The maximum atomic E-state index is 11.1. The number of carbonyl (C=O) groups is 3. The predicted octanol–water partition coefficient (Wildman–Crippen LogP) is 2.74. The molecule has 0 heterocycles. The summed E-state index contributed by atoms with van der Waals surface area (Å²) in [6, 6.07) is 0. The molecule has 0 rings (SSSR count). The normalized spacial score (nSPS) is 10.3. The molecule has 0 aliphatic carbocycles. The number of hydrogen-bond donors (Lipinski definition) is 0. The first kappa shape index (κ1) is 22.9. The van der Waals surface area contributed by atoms with Gasteiger partial charge in [0.15, 0.2) is 0 Å². The molecule has 1 atom stereocenters. The van der Waals surface area contributed by atoms with Gasteiger partial charge in [-0.2, -0.15) is 0 Å². The smallest absolute Gasteiger partial charge is 0.333 e. The van der Waals surface area contributed by atoms with E-state index in [1.807, 2.05) is 0 Å². The summed E-state index contributed by atoms with van der Waals surface area (Å²) < 4.78 is 14.3. The van der Waals surface area contributed by atoms with Crippen LogP contribution in [0.5, 0.6) is 0 Å². The monoisotopic (exact) mass is 326 g/mol. The third-order valence-corrected chi connectivity index (χ3v) is 2.22. The SMILES string of the molecule is C=C(C)C(=O)OCCC(C)OC(=O)C(=C)C.C=CC(=O)OCC. The molecule has 0 radical (unpaired) electrons. The molecule has 0 amide bonds. The Bertz CT molecular complexity index is 450. The Labute approximate surface area is 137 Å². The van der Waals surface area contributed by atoms with Crippen molar-refractivity contribution in [3.8, 4) is 0 Å². The minimum absolute atomic E-state index is 0.205. The molecule has 23 heavy (non-hydrogen) atoms. The van der Waals surface area contributed by atoms with Crippen molar-refractivity contribution in [1.82, 2.24) is 0 Å². The Kier molecular flexibility index (Phi) is 13.2. The summed E-state index contributed by atoms with van der Waals surface area (Å²) >= 11 is 0. The van der Waals surface area contributed by atoms with Gasteiger partial charge in [-0.3, -0.25) is 0 Å². The molecule has 1 unspecified atom stereocenters. The molecule has 0 aromatic carbocycles. The molecule has 0 aliphatic heterocycles. The zero-order valence-electron chi connectivity index (χ0n) is 14.3. The summed E-state index contributed by atoms with van der Waals surface area (Å²) in [5.41, 5.74) is 0.706. The molecular formula is C17H26O6. The van der Waals surface area contributed by atoms with Crippen molar-refractivity contribution in [3.05, 3.63) is 37.0 Å². The number of hydrogen-bond acceptors (Lipinski definition) is 6. The van der Waals surface area contributed by atoms with Crippen molar-refractivity contribution in [2.75, 3.05) is 13.2 Å². The van der Waals surface area contributed by atoms with E-state index in [-0.39, 0.29) is 18.7 Å². The highest BCUT2D eigenvalue weighted by atomic mass is 16.6. The summed E-state index contributed by atoms with van der Waals surface area (Å²) in [7, 11) is 0. The van der Waals surface area contributed by atoms with Crippen molar-refractivity contribution >= 4 is 17.9 Å². The first-order valence-electron chi connectivity index (χ1n) is 7.13. The first-order valence-corrected chi connectivity index (χ1v) is 7.13. The second-order valence-electron chi connectivity index (χ2n) is 4.66.